The zero-order chi connectivity index (χ0) is 12.3. The fraction of sp³-hybridized carbons (Fsp3) is 0.571. The molecule has 2 rings (SSSR count). The zero-order valence-corrected chi connectivity index (χ0v) is 11.0. The smallest absolute Gasteiger partial charge is 0.122 e. The van der Waals surface area contributed by atoms with E-state index < -0.39 is 0 Å². The number of methoxy groups -OCH3 is 1. The summed E-state index contributed by atoms with van der Waals surface area (Å²) in [7, 11) is 3.93. The maximum Gasteiger partial charge on any atom is 0.122 e. The van der Waals surface area contributed by atoms with Gasteiger partial charge in [-0.15, -0.1) is 0 Å². The average Bonchev–Trinajstić information content (AvgIpc) is 2.54. The van der Waals surface area contributed by atoms with E-state index in [4.69, 9.17) is 4.74 Å². The van der Waals surface area contributed by atoms with Crippen molar-refractivity contribution in [3.63, 3.8) is 0 Å². The predicted molar refractivity (Wildman–Crippen MR) is 70.8 cm³/mol. The first kappa shape index (κ1) is 12.4. The molecule has 0 radical (unpaired) electrons. The van der Waals surface area contributed by atoms with Gasteiger partial charge in [0.05, 0.1) is 7.11 Å². The molecule has 94 valence electrons. The van der Waals surface area contributed by atoms with Crippen LogP contribution in [0.3, 0.4) is 0 Å². The second kappa shape index (κ2) is 5.52. The van der Waals surface area contributed by atoms with Crippen molar-refractivity contribution in [3.05, 3.63) is 29.3 Å². The molecular weight excluding hydrogens is 212 g/mol. The minimum atomic E-state index is 0.511. The maximum atomic E-state index is 5.48. The molecule has 1 saturated heterocycles. The molecule has 0 amide bonds. The lowest BCUT2D eigenvalue weighted by Gasteiger charge is -2.22. The highest BCUT2D eigenvalue weighted by Gasteiger charge is 2.20. The van der Waals surface area contributed by atoms with Gasteiger partial charge in [0.25, 0.3) is 0 Å². The van der Waals surface area contributed by atoms with Gasteiger partial charge in [0.2, 0.25) is 0 Å². The molecular formula is C14H22N2O. The van der Waals surface area contributed by atoms with E-state index in [9.17, 15) is 0 Å². The Morgan fingerprint density at radius 2 is 2.24 bits per heavy atom. The van der Waals surface area contributed by atoms with E-state index >= 15 is 0 Å². The standard InChI is InChI=1S/C14H22N2O/c1-11-4-5-14(17-3)13(8-11)12-9-15-6-7-16(2)10-12/h4-5,8,12,15H,6-7,9-10H2,1-3H3. The van der Waals surface area contributed by atoms with E-state index in [1.165, 1.54) is 11.1 Å². The van der Waals surface area contributed by atoms with Crippen LogP contribution >= 0.6 is 0 Å². The molecule has 1 N–H and O–H groups in total. The van der Waals surface area contributed by atoms with E-state index in [1.54, 1.807) is 7.11 Å². The van der Waals surface area contributed by atoms with Crippen molar-refractivity contribution in [1.82, 2.24) is 10.2 Å². The summed E-state index contributed by atoms with van der Waals surface area (Å²) in [4.78, 5) is 2.38. The first-order valence-corrected chi connectivity index (χ1v) is 6.24. The molecule has 0 bridgehead atoms. The van der Waals surface area contributed by atoms with Crippen molar-refractivity contribution < 1.29 is 4.74 Å². The molecule has 1 aliphatic rings. The van der Waals surface area contributed by atoms with Crippen LogP contribution in [0.4, 0.5) is 0 Å². The molecule has 0 aromatic heterocycles. The van der Waals surface area contributed by atoms with Crippen LogP contribution in [0.5, 0.6) is 5.75 Å². The normalized spacial score (nSPS) is 22.2. The predicted octanol–water partition coefficient (Wildman–Crippen LogP) is 1.62. The number of nitrogens with zero attached hydrogens (tertiary/aromatic N) is 1. The molecule has 1 fully saturated rings. The van der Waals surface area contributed by atoms with E-state index in [1.807, 2.05) is 0 Å². The molecule has 0 aliphatic carbocycles. The quantitative estimate of drug-likeness (QED) is 0.841. The van der Waals surface area contributed by atoms with Gasteiger partial charge in [-0.2, -0.15) is 0 Å². The van der Waals surface area contributed by atoms with E-state index in [-0.39, 0.29) is 0 Å². The lowest BCUT2D eigenvalue weighted by atomic mass is 9.96. The first-order chi connectivity index (χ1) is 8.20. The molecule has 1 heterocycles. The van der Waals surface area contributed by atoms with Crippen molar-refractivity contribution in [1.29, 1.82) is 0 Å². The van der Waals surface area contributed by atoms with Crippen LogP contribution in [0.1, 0.15) is 17.0 Å². The van der Waals surface area contributed by atoms with Crippen LogP contribution in [-0.4, -0.2) is 45.2 Å². The summed E-state index contributed by atoms with van der Waals surface area (Å²) in [5.74, 6) is 1.52. The molecule has 3 heteroatoms. The Balaban J connectivity index is 2.27. The fourth-order valence-electron chi connectivity index (χ4n) is 2.46. The van der Waals surface area contributed by atoms with Crippen LogP contribution < -0.4 is 10.1 Å². The molecule has 0 saturated carbocycles. The van der Waals surface area contributed by atoms with Gasteiger partial charge < -0.3 is 15.0 Å². The number of hydrogen-bond donors (Lipinski definition) is 1. The summed E-state index contributed by atoms with van der Waals surface area (Å²) < 4.78 is 5.48. The largest absolute Gasteiger partial charge is 0.496 e. The van der Waals surface area contributed by atoms with Gasteiger partial charge in [-0.05, 0) is 25.6 Å². The number of rotatable bonds is 2. The molecule has 1 aromatic carbocycles. The lowest BCUT2D eigenvalue weighted by Crippen LogP contribution is -2.25. The SMILES string of the molecule is COc1ccc(C)cc1C1CNCCN(C)C1. The van der Waals surface area contributed by atoms with Crippen LogP contribution in [0, 0.1) is 6.92 Å². The van der Waals surface area contributed by atoms with Gasteiger partial charge in [0.15, 0.2) is 0 Å². The maximum absolute atomic E-state index is 5.48. The highest BCUT2D eigenvalue weighted by atomic mass is 16.5. The molecule has 1 unspecified atom stereocenters. The van der Waals surface area contributed by atoms with Gasteiger partial charge in [-0.25, -0.2) is 0 Å². The third kappa shape index (κ3) is 2.99. The fourth-order valence-corrected chi connectivity index (χ4v) is 2.46. The highest BCUT2D eigenvalue weighted by Crippen LogP contribution is 2.28. The second-order valence-electron chi connectivity index (χ2n) is 4.91. The van der Waals surface area contributed by atoms with Gasteiger partial charge in [-0.1, -0.05) is 17.7 Å². The van der Waals surface area contributed by atoms with Crippen LogP contribution in [-0.2, 0) is 0 Å². The molecule has 1 atom stereocenters. The number of benzene rings is 1. The van der Waals surface area contributed by atoms with E-state index in [0.717, 1.165) is 31.9 Å². The highest BCUT2D eigenvalue weighted by molar-refractivity contribution is 5.40. The van der Waals surface area contributed by atoms with Crippen LogP contribution in [0.25, 0.3) is 0 Å². The van der Waals surface area contributed by atoms with Crippen LogP contribution in [0.2, 0.25) is 0 Å². The van der Waals surface area contributed by atoms with E-state index in [2.05, 4.69) is 42.4 Å². The zero-order valence-electron chi connectivity index (χ0n) is 11.0. The Bertz CT molecular complexity index is 378. The first-order valence-electron chi connectivity index (χ1n) is 6.24. The monoisotopic (exact) mass is 234 g/mol. The number of nitrogens with one attached hydrogen (secondary N) is 1. The lowest BCUT2D eigenvalue weighted by molar-refractivity contribution is 0.336. The topological polar surface area (TPSA) is 24.5 Å². The Morgan fingerprint density at radius 3 is 3.00 bits per heavy atom. The second-order valence-corrected chi connectivity index (χ2v) is 4.91. The Hall–Kier alpha value is -1.06. The van der Waals surface area contributed by atoms with Crippen molar-refractivity contribution in [3.8, 4) is 5.75 Å². The third-order valence-electron chi connectivity index (χ3n) is 3.42. The molecule has 1 aromatic rings. The third-order valence-corrected chi connectivity index (χ3v) is 3.42. The van der Waals surface area contributed by atoms with Crippen molar-refractivity contribution in [2.75, 3.05) is 40.3 Å². The summed E-state index contributed by atoms with van der Waals surface area (Å²) in [6, 6.07) is 6.44. The summed E-state index contributed by atoms with van der Waals surface area (Å²) in [6.45, 7) is 6.44. The van der Waals surface area contributed by atoms with E-state index in [0.29, 0.717) is 5.92 Å². The van der Waals surface area contributed by atoms with Crippen molar-refractivity contribution in [2.24, 2.45) is 0 Å². The summed E-state index contributed by atoms with van der Waals surface area (Å²) in [5, 5.41) is 3.50. The van der Waals surface area contributed by atoms with Gasteiger partial charge >= 0.3 is 0 Å². The average molecular weight is 234 g/mol. The number of likely N-dealkylation sites (N-methyl/N-ethyl adjacent to an activating group) is 1. The summed E-state index contributed by atoms with van der Waals surface area (Å²) >= 11 is 0. The Kier molecular flexibility index (Phi) is 4.02. The minimum Gasteiger partial charge on any atom is -0.496 e. The van der Waals surface area contributed by atoms with Gasteiger partial charge in [0.1, 0.15) is 5.75 Å². The van der Waals surface area contributed by atoms with Gasteiger partial charge in [0, 0.05) is 32.1 Å². The number of aryl methyl sites for hydroxylation is 1. The minimum absolute atomic E-state index is 0.511. The molecule has 3 nitrogen and oxygen atoms in total. The van der Waals surface area contributed by atoms with Gasteiger partial charge in [-0.3, -0.25) is 0 Å². The molecule has 17 heavy (non-hydrogen) atoms. The number of hydrogen-bond acceptors (Lipinski definition) is 3. The molecule has 1 aliphatic heterocycles. The van der Waals surface area contributed by atoms with Crippen molar-refractivity contribution in [2.45, 2.75) is 12.8 Å². The van der Waals surface area contributed by atoms with Crippen LogP contribution in [0.15, 0.2) is 18.2 Å². The Labute approximate surface area is 104 Å². The summed E-state index contributed by atoms with van der Waals surface area (Å²) in [5.41, 5.74) is 2.63. The Morgan fingerprint density at radius 1 is 1.41 bits per heavy atom. The number of ether oxygens (including phenoxy) is 1. The summed E-state index contributed by atoms with van der Waals surface area (Å²) in [6.07, 6.45) is 0. The molecule has 0 spiro atoms. The van der Waals surface area contributed by atoms with Crippen molar-refractivity contribution >= 4 is 0 Å².